The van der Waals surface area contributed by atoms with E-state index in [0.29, 0.717) is 43.5 Å². The molecule has 2 aromatic rings. The molecule has 6 nitrogen and oxygen atoms in total. The molecule has 1 N–H and O–H groups in total. The molecule has 1 saturated heterocycles. The summed E-state index contributed by atoms with van der Waals surface area (Å²) in [4.78, 5) is 28.5. The summed E-state index contributed by atoms with van der Waals surface area (Å²) < 4.78 is 5.17. The van der Waals surface area contributed by atoms with E-state index in [1.165, 1.54) is 6.26 Å². The minimum absolute atomic E-state index is 0.0224. The Hall–Kier alpha value is -2.31. The van der Waals surface area contributed by atoms with Crippen LogP contribution in [0.15, 0.2) is 47.1 Å². The first-order valence-corrected chi connectivity index (χ1v) is 9.01. The highest BCUT2D eigenvalue weighted by Crippen LogP contribution is 2.12. The van der Waals surface area contributed by atoms with E-state index >= 15 is 0 Å². The molecule has 0 radical (unpaired) electrons. The quantitative estimate of drug-likeness (QED) is 0.871. The van der Waals surface area contributed by atoms with Gasteiger partial charge in [-0.25, -0.2) is 0 Å². The maximum atomic E-state index is 12.4. The molecular weight excluding hydrogens is 354 g/mol. The van der Waals surface area contributed by atoms with Crippen molar-refractivity contribution < 1.29 is 14.0 Å². The highest BCUT2D eigenvalue weighted by atomic mass is 35.5. The van der Waals surface area contributed by atoms with Gasteiger partial charge >= 0.3 is 0 Å². The molecule has 0 spiro atoms. The minimum atomic E-state index is -0.247. The Kier molecular flexibility index (Phi) is 5.96. The Morgan fingerprint density at radius 2 is 1.85 bits per heavy atom. The van der Waals surface area contributed by atoms with E-state index < -0.39 is 0 Å². The number of amides is 2. The van der Waals surface area contributed by atoms with Crippen molar-refractivity contribution in [1.82, 2.24) is 15.1 Å². The van der Waals surface area contributed by atoms with Crippen LogP contribution in [0.4, 0.5) is 0 Å². The van der Waals surface area contributed by atoms with Crippen LogP contribution >= 0.6 is 11.6 Å². The van der Waals surface area contributed by atoms with E-state index in [9.17, 15) is 9.59 Å². The van der Waals surface area contributed by atoms with E-state index in [0.717, 1.165) is 5.56 Å². The van der Waals surface area contributed by atoms with Gasteiger partial charge in [0.1, 0.15) is 0 Å². The number of carbonyl (C=O) groups is 2. The third kappa shape index (κ3) is 4.45. The summed E-state index contributed by atoms with van der Waals surface area (Å²) in [6, 6.07) is 10.5. The van der Waals surface area contributed by atoms with Crippen LogP contribution in [0.25, 0.3) is 0 Å². The van der Waals surface area contributed by atoms with Crippen molar-refractivity contribution in [3.8, 4) is 0 Å². The number of piperazine rings is 1. The number of hydrogen-bond donors (Lipinski definition) is 1. The van der Waals surface area contributed by atoms with Crippen molar-refractivity contribution in [2.75, 3.05) is 26.2 Å². The van der Waals surface area contributed by atoms with Crippen LogP contribution in [0, 0.1) is 0 Å². The number of carbonyl (C=O) groups excluding carboxylic acids is 2. The van der Waals surface area contributed by atoms with Crippen molar-refractivity contribution >= 4 is 23.4 Å². The fraction of sp³-hybridized carbons (Fsp3) is 0.368. The smallest absolute Gasteiger partial charge is 0.289 e. The van der Waals surface area contributed by atoms with Gasteiger partial charge in [-0.05, 0) is 36.8 Å². The summed E-state index contributed by atoms with van der Waals surface area (Å²) in [7, 11) is 0. The minimum Gasteiger partial charge on any atom is -0.459 e. The number of rotatable bonds is 5. The second-order valence-corrected chi connectivity index (χ2v) is 6.76. The first kappa shape index (κ1) is 18.5. The highest BCUT2D eigenvalue weighted by Gasteiger charge is 2.28. The monoisotopic (exact) mass is 375 g/mol. The lowest BCUT2D eigenvalue weighted by Crippen LogP contribution is -2.54. The van der Waals surface area contributed by atoms with Gasteiger partial charge in [-0.3, -0.25) is 14.5 Å². The molecule has 1 aromatic carbocycles. The normalized spacial score (nSPS) is 16.3. The van der Waals surface area contributed by atoms with Crippen molar-refractivity contribution in [2.45, 2.75) is 19.5 Å². The summed E-state index contributed by atoms with van der Waals surface area (Å²) in [5, 5.41) is 3.63. The Labute approximate surface area is 157 Å². The molecule has 2 amide bonds. The van der Waals surface area contributed by atoms with Gasteiger partial charge in [0.05, 0.1) is 12.3 Å². The van der Waals surface area contributed by atoms with Crippen LogP contribution in [-0.2, 0) is 11.3 Å². The number of halogens is 1. The van der Waals surface area contributed by atoms with Gasteiger partial charge in [-0.1, -0.05) is 23.7 Å². The second-order valence-electron chi connectivity index (χ2n) is 6.33. The van der Waals surface area contributed by atoms with Crippen LogP contribution in [0.3, 0.4) is 0 Å². The van der Waals surface area contributed by atoms with Crippen LogP contribution in [0.2, 0.25) is 5.02 Å². The van der Waals surface area contributed by atoms with Gasteiger partial charge in [0.25, 0.3) is 5.91 Å². The van der Waals surface area contributed by atoms with Crippen LogP contribution < -0.4 is 5.32 Å². The van der Waals surface area contributed by atoms with Gasteiger partial charge in [0.15, 0.2) is 5.76 Å². The molecule has 0 bridgehead atoms. The Balaban J connectivity index is 1.46. The second kappa shape index (κ2) is 8.38. The zero-order valence-corrected chi connectivity index (χ0v) is 15.4. The largest absolute Gasteiger partial charge is 0.459 e. The molecule has 3 rings (SSSR count). The Morgan fingerprint density at radius 1 is 1.15 bits per heavy atom. The standard InChI is InChI=1S/C19H22ClN3O3/c1-14(18(24)21-13-15-4-6-16(20)7-5-15)22-8-10-23(11-9-22)19(25)17-3-2-12-26-17/h2-7,12,14H,8-11,13H2,1H3,(H,21,24). The molecule has 138 valence electrons. The molecule has 7 heteroatoms. The van der Waals surface area contributed by atoms with Crippen LogP contribution in [-0.4, -0.2) is 53.8 Å². The maximum absolute atomic E-state index is 12.4. The highest BCUT2D eigenvalue weighted by molar-refractivity contribution is 6.30. The molecule has 0 aliphatic carbocycles. The summed E-state index contributed by atoms with van der Waals surface area (Å²) in [6.45, 7) is 4.82. The molecule has 2 heterocycles. The van der Waals surface area contributed by atoms with Gasteiger partial charge in [-0.15, -0.1) is 0 Å². The lowest BCUT2D eigenvalue weighted by molar-refractivity contribution is -0.126. The molecule has 1 aliphatic rings. The van der Waals surface area contributed by atoms with E-state index in [-0.39, 0.29) is 17.9 Å². The Morgan fingerprint density at radius 3 is 2.46 bits per heavy atom. The predicted molar refractivity (Wildman–Crippen MR) is 98.9 cm³/mol. The molecule has 1 atom stereocenters. The summed E-state index contributed by atoms with van der Waals surface area (Å²) >= 11 is 5.87. The van der Waals surface area contributed by atoms with Crippen molar-refractivity contribution in [1.29, 1.82) is 0 Å². The van der Waals surface area contributed by atoms with Gasteiger partial charge in [-0.2, -0.15) is 0 Å². The van der Waals surface area contributed by atoms with E-state index in [1.807, 2.05) is 31.2 Å². The van der Waals surface area contributed by atoms with Crippen LogP contribution in [0.5, 0.6) is 0 Å². The average Bonchev–Trinajstić information content (AvgIpc) is 3.21. The number of hydrogen-bond acceptors (Lipinski definition) is 4. The molecule has 1 aromatic heterocycles. The SMILES string of the molecule is CC(C(=O)NCc1ccc(Cl)cc1)N1CCN(C(=O)c2ccco2)CC1. The zero-order valence-electron chi connectivity index (χ0n) is 14.7. The molecule has 1 unspecified atom stereocenters. The van der Waals surface area contributed by atoms with Crippen molar-refractivity contribution in [2.24, 2.45) is 0 Å². The lowest BCUT2D eigenvalue weighted by Gasteiger charge is -2.37. The summed E-state index contributed by atoms with van der Waals surface area (Å²) in [6.07, 6.45) is 1.50. The van der Waals surface area contributed by atoms with Crippen molar-refractivity contribution in [3.05, 3.63) is 59.0 Å². The van der Waals surface area contributed by atoms with E-state index in [2.05, 4.69) is 10.2 Å². The van der Waals surface area contributed by atoms with E-state index in [1.54, 1.807) is 17.0 Å². The van der Waals surface area contributed by atoms with Gasteiger partial charge in [0.2, 0.25) is 5.91 Å². The fourth-order valence-corrected chi connectivity index (χ4v) is 3.10. The molecule has 0 saturated carbocycles. The average molecular weight is 376 g/mol. The lowest BCUT2D eigenvalue weighted by atomic mass is 10.2. The third-order valence-corrected chi connectivity index (χ3v) is 4.89. The van der Waals surface area contributed by atoms with Crippen LogP contribution in [0.1, 0.15) is 23.0 Å². The number of nitrogens with one attached hydrogen (secondary N) is 1. The first-order valence-electron chi connectivity index (χ1n) is 8.63. The molecule has 1 aliphatic heterocycles. The van der Waals surface area contributed by atoms with Gasteiger partial charge < -0.3 is 14.6 Å². The fourth-order valence-electron chi connectivity index (χ4n) is 2.97. The first-order chi connectivity index (χ1) is 12.5. The Bertz CT molecular complexity index is 738. The van der Waals surface area contributed by atoms with E-state index in [4.69, 9.17) is 16.0 Å². The van der Waals surface area contributed by atoms with Gasteiger partial charge in [0, 0.05) is 37.7 Å². The molecular formula is C19H22ClN3O3. The molecule has 1 fully saturated rings. The third-order valence-electron chi connectivity index (χ3n) is 4.64. The zero-order chi connectivity index (χ0) is 18.5. The summed E-state index contributed by atoms with van der Waals surface area (Å²) in [5.41, 5.74) is 1.00. The number of furan rings is 1. The topological polar surface area (TPSA) is 65.8 Å². The number of benzene rings is 1. The number of nitrogens with zero attached hydrogens (tertiary/aromatic N) is 2. The predicted octanol–water partition coefficient (Wildman–Crippen LogP) is 2.40. The summed E-state index contributed by atoms with van der Waals surface area (Å²) in [5.74, 6) is 0.229. The molecule has 26 heavy (non-hydrogen) atoms. The maximum Gasteiger partial charge on any atom is 0.289 e. The van der Waals surface area contributed by atoms with Crippen molar-refractivity contribution in [3.63, 3.8) is 0 Å².